The first-order chi connectivity index (χ1) is 7.16. The van der Waals surface area contributed by atoms with Crippen molar-refractivity contribution in [3.8, 4) is 0 Å². The lowest BCUT2D eigenvalue weighted by atomic mass is 10.0. The monoisotopic (exact) mass is 215 g/mol. The molecule has 1 unspecified atom stereocenters. The summed E-state index contributed by atoms with van der Waals surface area (Å²) in [7, 11) is 1.61. The summed E-state index contributed by atoms with van der Waals surface area (Å²) in [5.74, 6) is 0. The average Bonchev–Trinajstić information content (AvgIpc) is 2.64. The van der Waals surface area contributed by atoms with Gasteiger partial charge in [0.15, 0.2) is 0 Å². The van der Waals surface area contributed by atoms with Crippen molar-refractivity contribution in [3.05, 3.63) is 0 Å². The van der Waals surface area contributed by atoms with Crippen molar-refractivity contribution in [1.29, 1.82) is 0 Å². The van der Waals surface area contributed by atoms with E-state index >= 15 is 0 Å². The van der Waals surface area contributed by atoms with Crippen molar-refractivity contribution in [2.45, 2.75) is 25.3 Å². The minimum Gasteiger partial charge on any atom is -0.383 e. The molecule has 1 fully saturated rings. The fraction of sp³-hybridized carbons (Fsp3) is 0.900. The lowest BCUT2D eigenvalue weighted by molar-refractivity contribution is 0.195. The second-order valence-corrected chi connectivity index (χ2v) is 4.19. The molecule has 0 radical (unpaired) electrons. The van der Waals surface area contributed by atoms with Crippen LogP contribution in [0.25, 0.3) is 0 Å². The van der Waals surface area contributed by atoms with Crippen molar-refractivity contribution in [1.82, 2.24) is 16.0 Å². The molecule has 5 nitrogen and oxygen atoms in total. The molecule has 0 spiro atoms. The highest BCUT2D eigenvalue weighted by Gasteiger charge is 2.27. The maximum absolute atomic E-state index is 11.3. The fourth-order valence-electron chi connectivity index (χ4n) is 1.71. The van der Waals surface area contributed by atoms with Crippen LogP contribution in [0, 0.1) is 0 Å². The van der Waals surface area contributed by atoms with Crippen LogP contribution in [-0.4, -0.2) is 44.9 Å². The molecule has 0 aromatic rings. The summed E-state index contributed by atoms with van der Waals surface area (Å²) in [6.07, 6.45) is 2.30. The molecule has 88 valence electrons. The van der Waals surface area contributed by atoms with Gasteiger partial charge in [0.25, 0.3) is 0 Å². The van der Waals surface area contributed by atoms with Crippen LogP contribution in [0.1, 0.15) is 19.8 Å². The van der Waals surface area contributed by atoms with Crippen molar-refractivity contribution in [2.75, 3.05) is 33.4 Å². The standard InChI is InChI=1S/C10H21N3O2/c1-10(4-3-5-13-10)8-12-9(14)11-6-7-15-2/h13H,3-8H2,1-2H3,(H2,11,12,14). The SMILES string of the molecule is COCCNC(=O)NCC1(C)CCCN1. The minimum atomic E-state index is -0.123. The maximum atomic E-state index is 11.3. The molecule has 1 saturated heterocycles. The molecule has 0 aromatic heterocycles. The second kappa shape index (κ2) is 5.92. The summed E-state index contributed by atoms with van der Waals surface area (Å²) in [5.41, 5.74) is 0.0681. The lowest BCUT2D eigenvalue weighted by Crippen LogP contribution is -2.50. The summed E-state index contributed by atoms with van der Waals surface area (Å²) >= 11 is 0. The predicted molar refractivity (Wildman–Crippen MR) is 58.9 cm³/mol. The van der Waals surface area contributed by atoms with E-state index in [1.807, 2.05) is 0 Å². The number of methoxy groups -OCH3 is 1. The zero-order chi connectivity index (χ0) is 11.1. The van der Waals surface area contributed by atoms with Crippen LogP contribution in [0.4, 0.5) is 4.79 Å². The molecule has 1 atom stereocenters. The normalized spacial score (nSPS) is 25.2. The third-order valence-corrected chi connectivity index (χ3v) is 2.69. The van der Waals surface area contributed by atoms with Crippen molar-refractivity contribution < 1.29 is 9.53 Å². The topological polar surface area (TPSA) is 62.4 Å². The maximum Gasteiger partial charge on any atom is 0.314 e. The number of carbonyl (C=O) groups excluding carboxylic acids is 1. The summed E-state index contributed by atoms with van der Waals surface area (Å²) < 4.78 is 4.84. The van der Waals surface area contributed by atoms with Gasteiger partial charge in [0.2, 0.25) is 0 Å². The van der Waals surface area contributed by atoms with Gasteiger partial charge in [-0.15, -0.1) is 0 Å². The van der Waals surface area contributed by atoms with Gasteiger partial charge in [0, 0.05) is 25.7 Å². The minimum absolute atomic E-state index is 0.0681. The molecule has 5 heteroatoms. The van der Waals surface area contributed by atoms with Gasteiger partial charge in [-0.25, -0.2) is 4.79 Å². The van der Waals surface area contributed by atoms with Gasteiger partial charge in [0.1, 0.15) is 0 Å². The van der Waals surface area contributed by atoms with Crippen LogP contribution in [0.3, 0.4) is 0 Å². The molecule has 0 saturated carbocycles. The van der Waals surface area contributed by atoms with Gasteiger partial charge >= 0.3 is 6.03 Å². The van der Waals surface area contributed by atoms with Gasteiger partial charge in [-0.1, -0.05) is 0 Å². The Bertz CT molecular complexity index is 203. The number of carbonyl (C=O) groups is 1. The molecule has 15 heavy (non-hydrogen) atoms. The Morgan fingerprint density at radius 3 is 2.93 bits per heavy atom. The predicted octanol–water partition coefficient (Wildman–Crippen LogP) is 0.0741. The number of rotatable bonds is 5. The van der Waals surface area contributed by atoms with Gasteiger partial charge in [-0.3, -0.25) is 0 Å². The molecule has 0 bridgehead atoms. The largest absolute Gasteiger partial charge is 0.383 e. The van der Waals surface area contributed by atoms with Crippen LogP contribution >= 0.6 is 0 Å². The number of nitrogens with one attached hydrogen (secondary N) is 3. The molecule has 0 aliphatic carbocycles. The van der Waals surface area contributed by atoms with Gasteiger partial charge in [-0.2, -0.15) is 0 Å². The quantitative estimate of drug-likeness (QED) is 0.569. The average molecular weight is 215 g/mol. The number of ether oxygens (including phenoxy) is 1. The molecule has 0 aromatic carbocycles. The highest BCUT2D eigenvalue weighted by Crippen LogP contribution is 2.16. The van der Waals surface area contributed by atoms with E-state index in [-0.39, 0.29) is 11.6 Å². The zero-order valence-electron chi connectivity index (χ0n) is 9.56. The van der Waals surface area contributed by atoms with Crippen molar-refractivity contribution >= 4 is 6.03 Å². The third-order valence-electron chi connectivity index (χ3n) is 2.69. The first kappa shape index (κ1) is 12.3. The number of amides is 2. The van der Waals surface area contributed by atoms with Crippen molar-refractivity contribution in [2.24, 2.45) is 0 Å². The van der Waals surface area contributed by atoms with E-state index in [9.17, 15) is 4.79 Å². The highest BCUT2D eigenvalue weighted by molar-refractivity contribution is 5.73. The van der Waals surface area contributed by atoms with Crippen LogP contribution in [-0.2, 0) is 4.74 Å². The lowest BCUT2D eigenvalue weighted by Gasteiger charge is -2.24. The van der Waals surface area contributed by atoms with E-state index in [1.165, 1.54) is 6.42 Å². The Balaban J connectivity index is 2.10. The van der Waals surface area contributed by atoms with E-state index < -0.39 is 0 Å². The molecule has 1 heterocycles. The van der Waals surface area contributed by atoms with Crippen LogP contribution in [0.5, 0.6) is 0 Å². The first-order valence-electron chi connectivity index (χ1n) is 5.42. The van der Waals surface area contributed by atoms with Gasteiger partial charge < -0.3 is 20.7 Å². The highest BCUT2D eigenvalue weighted by atomic mass is 16.5. The number of hydrogen-bond donors (Lipinski definition) is 3. The molecule has 1 rings (SSSR count). The van der Waals surface area contributed by atoms with Crippen LogP contribution in [0.15, 0.2) is 0 Å². The Morgan fingerprint density at radius 2 is 2.33 bits per heavy atom. The molecule has 2 amide bonds. The Morgan fingerprint density at radius 1 is 1.53 bits per heavy atom. The zero-order valence-corrected chi connectivity index (χ0v) is 9.56. The molecule has 1 aliphatic rings. The van der Waals surface area contributed by atoms with E-state index in [1.54, 1.807) is 7.11 Å². The van der Waals surface area contributed by atoms with Gasteiger partial charge in [0.05, 0.1) is 6.61 Å². The van der Waals surface area contributed by atoms with E-state index in [0.29, 0.717) is 19.7 Å². The van der Waals surface area contributed by atoms with E-state index in [0.717, 1.165) is 13.0 Å². The Hall–Kier alpha value is -0.810. The van der Waals surface area contributed by atoms with E-state index in [4.69, 9.17) is 4.74 Å². The molecule has 1 aliphatic heterocycles. The molecule has 3 N–H and O–H groups in total. The summed E-state index contributed by atoms with van der Waals surface area (Å²) in [6, 6.07) is -0.123. The number of urea groups is 1. The van der Waals surface area contributed by atoms with Crippen LogP contribution in [0.2, 0.25) is 0 Å². The van der Waals surface area contributed by atoms with E-state index in [2.05, 4.69) is 22.9 Å². The summed E-state index contributed by atoms with van der Waals surface area (Å²) in [5, 5.41) is 8.97. The summed E-state index contributed by atoms with van der Waals surface area (Å²) in [4.78, 5) is 11.3. The fourth-order valence-corrected chi connectivity index (χ4v) is 1.71. The summed E-state index contributed by atoms with van der Waals surface area (Å²) in [6.45, 7) is 4.94. The second-order valence-electron chi connectivity index (χ2n) is 4.19. The molecular weight excluding hydrogens is 194 g/mol. The third kappa shape index (κ3) is 4.48. The number of hydrogen-bond acceptors (Lipinski definition) is 3. The smallest absolute Gasteiger partial charge is 0.314 e. The first-order valence-corrected chi connectivity index (χ1v) is 5.42. The van der Waals surface area contributed by atoms with Gasteiger partial charge in [-0.05, 0) is 26.3 Å². The Labute approximate surface area is 90.9 Å². The molecular formula is C10H21N3O2. The van der Waals surface area contributed by atoms with Crippen molar-refractivity contribution in [3.63, 3.8) is 0 Å². The van der Waals surface area contributed by atoms with Crippen LogP contribution < -0.4 is 16.0 Å². The Kier molecular flexibility index (Phi) is 4.84.